The second-order valence-corrected chi connectivity index (χ2v) is 17.6. The van der Waals surface area contributed by atoms with Crippen LogP contribution in [0.5, 0.6) is 0 Å². The zero-order valence-electron chi connectivity index (χ0n) is 35.3. The normalized spacial score (nSPS) is 43.7. The van der Waals surface area contributed by atoms with Crippen molar-refractivity contribution < 1.29 is 233 Å². The Labute approximate surface area is 442 Å². The van der Waals surface area contributed by atoms with Gasteiger partial charge in [-0.25, -0.2) is 25.3 Å². The summed E-state index contributed by atoms with van der Waals surface area (Å²) in [6, 6.07) is 0. The maximum absolute atomic E-state index is 11.8. The van der Waals surface area contributed by atoms with Crippen LogP contribution in [0.2, 0.25) is 0 Å². The minimum atomic E-state index is -5.51. The Bertz CT molecular complexity index is 1830. The molecule has 66 heavy (non-hydrogen) atoms. The molecule has 0 unspecified atom stereocenters. The van der Waals surface area contributed by atoms with E-state index >= 15 is 0 Å². The molecule has 0 aromatic rings. The van der Waals surface area contributed by atoms with E-state index in [1.165, 1.54) is 6.92 Å². The van der Waals surface area contributed by atoms with E-state index in [-0.39, 0.29) is 88.7 Å². The average Bonchev–Trinajstić information content (AvgIpc) is 3.17. The third kappa shape index (κ3) is 16.9. The maximum atomic E-state index is 11.8. The summed E-state index contributed by atoms with van der Waals surface area (Å²) in [5.74, 6) is 0. The predicted octanol–water partition coefficient (Wildman–Crippen LogP) is -18.7. The molecule has 0 aliphatic carbocycles. The first kappa shape index (κ1) is 64.0. The van der Waals surface area contributed by atoms with E-state index in [4.69, 9.17) is 47.4 Å². The van der Waals surface area contributed by atoms with Crippen molar-refractivity contribution in [2.75, 3.05) is 33.5 Å². The van der Waals surface area contributed by atoms with Gasteiger partial charge in [-0.15, -0.1) is 0 Å². The largest absolute Gasteiger partial charge is 1.00 e. The Balaban J connectivity index is 0.00000499. The van der Waals surface area contributed by atoms with Crippen molar-refractivity contribution in [3.63, 3.8) is 0 Å². The molecule has 5 aliphatic heterocycles. The van der Waals surface area contributed by atoms with Crippen LogP contribution in [-0.4, -0.2) is 253 Å². The SMILES string of the molecule is CO[C@@H]1[C@@H](O)[C@H](O[C@@H]2[C@@H](O)[C@H](O[C@H]3[C@H](O)[C@@H](O[C@@H]4OC[C@@H](O)[C@H](O)[C@H]4O)[C@H](O[C@H]4[CH]OC[C@@H](O)[C@@H]4OS(=O)(=O)[O-])O[C@@H]3C)O[C@H](COS(=O)(=O)[O-])[C@H]2O)O[C@H](COS(=O)(=O)[O-])[C@H]1O.[Na+].[Na+].[Na+]. The summed E-state index contributed by atoms with van der Waals surface area (Å²) in [6.45, 7) is -1.74. The number of aliphatic hydroxyl groups excluding tert-OH is 9. The number of aliphatic hydroxyl groups is 9. The van der Waals surface area contributed by atoms with Gasteiger partial charge in [-0.1, -0.05) is 0 Å². The van der Waals surface area contributed by atoms with E-state index in [1.807, 2.05) is 0 Å². The quantitative estimate of drug-likeness (QED) is 0.0371. The second-order valence-electron chi connectivity index (χ2n) is 14.5. The van der Waals surface area contributed by atoms with Gasteiger partial charge in [0.25, 0.3) is 0 Å². The van der Waals surface area contributed by atoms with E-state index in [1.54, 1.807) is 0 Å². The van der Waals surface area contributed by atoms with Crippen molar-refractivity contribution in [2.45, 2.75) is 142 Å². The Morgan fingerprint density at radius 3 is 1.55 bits per heavy atom. The topological polar surface area (TPSA) is 474 Å². The van der Waals surface area contributed by atoms with Crippen molar-refractivity contribution in [2.24, 2.45) is 0 Å². The monoisotopic (exact) mass is 1060 g/mol. The molecule has 5 saturated heterocycles. The van der Waals surface area contributed by atoms with Crippen LogP contribution in [-0.2, 0) is 91.1 Å². The van der Waals surface area contributed by atoms with Gasteiger partial charge in [0.05, 0.1) is 32.5 Å². The Morgan fingerprint density at radius 2 is 1.03 bits per heavy atom. The van der Waals surface area contributed by atoms with Crippen molar-refractivity contribution in [3.05, 3.63) is 6.61 Å². The first-order valence-corrected chi connectivity index (χ1v) is 22.3. The molecule has 0 saturated carbocycles. The number of rotatable bonds is 17. The summed E-state index contributed by atoms with van der Waals surface area (Å²) in [6.07, 6.45) is -43.2. The van der Waals surface area contributed by atoms with Crippen LogP contribution in [0.3, 0.4) is 0 Å². The fourth-order valence-electron chi connectivity index (χ4n) is 7.01. The smallest absolute Gasteiger partial charge is 0.726 e. The van der Waals surface area contributed by atoms with Gasteiger partial charge in [0.1, 0.15) is 110 Å². The molecule has 5 heterocycles. The second kappa shape index (κ2) is 26.9. The molecule has 0 aromatic heterocycles. The molecule has 31 nitrogen and oxygen atoms in total. The van der Waals surface area contributed by atoms with E-state index in [0.29, 0.717) is 0 Å². The van der Waals surface area contributed by atoms with Crippen molar-refractivity contribution >= 4 is 31.2 Å². The molecule has 5 aliphatic rings. The molecule has 37 heteroatoms. The number of methoxy groups -OCH3 is 1. The summed E-state index contributed by atoms with van der Waals surface area (Å²) < 4.78 is 170. The van der Waals surface area contributed by atoms with Gasteiger partial charge in [0.15, 0.2) is 25.2 Å². The molecule has 22 atom stereocenters. The Hall–Kier alpha value is 1.85. The van der Waals surface area contributed by atoms with Crippen LogP contribution in [0.25, 0.3) is 0 Å². The third-order valence-electron chi connectivity index (χ3n) is 10.1. The Kier molecular flexibility index (Phi) is 26.0. The standard InChI is InChI=1S/C29H49O31S3.3Na/c1-8-21(18(36)25(59-26-17(35)14(32)9(30)4-50-26)29(53-8)56-13-5-49-3-10(31)22(13)60-63(45,46)47)57-28-20(38)24(16(34)12(55-28)7-52-62(42,43)44)58-27-19(37)23(48-2)15(33)11(54-27)6-51-61(39,40)41;;;/h5,8-38H,3-4,6-7H2,1-2H3,(H,39,40,41)(H,42,43,44)(H,45,46,47);;;/q;3*+1/p-3/t8-,9-,10-,11-,12-,13+,14+,15-,16-,17-,18+,19-,20-,21-,22+,23+,24+,25-,26+,27+,28+,29+;;;/m1.../s1. The van der Waals surface area contributed by atoms with Crippen LogP contribution < -0.4 is 88.7 Å². The van der Waals surface area contributed by atoms with Gasteiger partial charge in [-0.05, 0) is 6.92 Å². The third-order valence-corrected chi connectivity index (χ3v) is 11.4. The molecule has 5 fully saturated rings. The van der Waals surface area contributed by atoms with E-state index in [9.17, 15) is 84.9 Å². The molecule has 0 amide bonds. The Morgan fingerprint density at radius 1 is 0.530 bits per heavy atom. The molecule has 1 radical (unpaired) electrons. The molecular weight excluding hydrogens is 1010 g/mol. The first-order valence-electron chi connectivity index (χ1n) is 18.3. The van der Waals surface area contributed by atoms with Crippen molar-refractivity contribution in [3.8, 4) is 0 Å². The van der Waals surface area contributed by atoms with Crippen molar-refractivity contribution in [1.82, 2.24) is 0 Å². The van der Waals surface area contributed by atoms with Crippen LogP contribution in [0.1, 0.15) is 6.92 Å². The summed E-state index contributed by atoms with van der Waals surface area (Å²) in [4.78, 5) is 0. The number of ether oxygens (including phenoxy) is 10. The minimum absolute atomic E-state index is 0. The van der Waals surface area contributed by atoms with Gasteiger partial charge in [0, 0.05) is 7.11 Å². The van der Waals surface area contributed by atoms with Crippen LogP contribution >= 0.6 is 0 Å². The predicted molar refractivity (Wildman–Crippen MR) is 182 cm³/mol. The zero-order valence-corrected chi connectivity index (χ0v) is 43.8. The van der Waals surface area contributed by atoms with E-state index in [2.05, 4.69) is 12.5 Å². The minimum Gasteiger partial charge on any atom is -0.726 e. The van der Waals surface area contributed by atoms with Crippen LogP contribution in [0.15, 0.2) is 0 Å². The first-order chi connectivity index (χ1) is 29.2. The number of hydrogen-bond donors (Lipinski definition) is 9. The van der Waals surface area contributed by atoms with Gasteiger partial charge >= 0.3 is 88.7 Å². The molecule has 369 valence electrons. The molecular formula is C29H46Na3O31S3. The summed E-state index contributed by atoms with van der Waals surface area (Å²) in [5.41, 5.74) is 0. The molecule has 0 bridgehead atoms. The molecule has 0 spiro atoms. The van der Waals surface area contributed by atoms with Gasteiger partial charge in [-0.2, -0.15) is 0 Å². The summed E-state index contributed by atoms with van der Waals surface area (Å²) >= 11 is 0. The van der Waals surface area contributed by atoms with Crippen LogP contribution in [0, 0.1) is 6.61 Å². The van der Waals surface area contributed by atoms with Crippen molar-refractivity contribution in [1.29, 1.82) is 0 Å². The number of hydrogen-bond acceptors (Lipinski definition) is 31. The molecule has 5 rings (SSSR count). The van der Waals surface area contributed by atoms with E-state index < -0.39 is 193 Å². The van der Waals surface area contributed by atoms with E-state index in [0.717, 1.165) is 13.7 Å². The molecule has 0 aromatic carbocycles. The van der Waals surface area contributed by atoms with Gasteiger partial charge in [0.2, 0.25) is 31.2 Å². The zero-order chi connectivity index (χ0) is 46.9. The summed E-state index contributed by atoms with van der Waals surface area (Å²) in [7, 11) is -15.4. The maximum Gasteiger partial charge on any atom is 1.00 e. The average molecular weight is 1060 g/mol. The molecule has 9 N–H and O–H groups in total. The van der Waals surface area contributed by atoms with Gasteiger partial charge in [-0.3, -0.25) is 12.5 Å². The fourth-order valence-corrected chi connectivity index (χ4v) is 8.12. The fraction of sp³-hybridized carbons (Fsp3) is 0.966. The summed E-state index contributed by atoms with van der Waals surface area (Å²) in [5, 5.41) is 97.2. The van der Waals surface area contributed by atoms with Gasteiger partial charge < -0.3 is 107 Å². The van der Waals surface area contributed by atoms with Crippen LogP contribution in [0.4, 0.5) is 0 Å².